The molecular weight excluding hydrogens is 861 g/mol. The summed E-state index contributed by atoms with van der Waals surface area (Å²) in [7, 11) is 0. The van der Waals surface area contributed by atoms with Crippen molar-refractivity contribution < 1.29 is 24.2 Å². The van der Waals surface area contributed by atoms with Crippen LogP contribution >= 0.6 is 0 Å². The van der Waals surface area contributed by atoms with Crippen molar-refractivity contribution in [1.29, 1.82) is 0 Å². The van der Waals surface area contributed by atoms with Gasteiger partial charge in [-0.3, -0.25) is 9.59 Å². The van der Waals surface area contributed by atoms with E-state index in [0.717, 1.165) is 103 Å². The van der Waals surface area contributed by atoms with E-state index in [1.807, 2.05) is 0 Å². The van der Waals surface area contributed by atoms with Crippen LogP contribution in [0, 0.1) is 0 Å². The molecule has 0 spiro atoms. The third-order valence-corrected chi connectivity index (χ3v) is 11.9. The average Bonchev–Trinajstić information content (AvgIpc) is 3.36. The van der Waals surface area contributed by atoms with Crippen LogP contribution in [0.2, 0.25) is 0 Å². The number of carbonyl (C=O) groups is 2. The molecule has 1 N–H and O–H groups in total. The summed E-state index contributed by atoms with van der Waals surface area (Å²) in [5.74, 6) is -0.647. The second-order valence-electron chi connectivity index (χ2n) is 18.6. The highest BCUT2D eigenvalue weighted by molar-refractivity contribution is 5.70. The number of esters is 2. The second-order valence-corrected chi connectivity index (χ2v) is 18.6. The van der Waals surface area contributed by atoms with Gasteiger partial charge in [-0.05, 0) is 116 Å². The van der Waals surface area contributed by atoms with Gasteiger partial charge in [-0.1, -0.05) is 250 Å². The Morgan fingerprint density at radius 1 is 0.343 bits per heavy atom. The maximum atomic E-state index is 12.3. The Bertz CT molecular complexity index is 1470. The van der Waals surface area contributed by atoms with Gasteiger partial charge in [-0.25, -0.2) is 0 Å². The molecule has 0 rings (SSSR count). The molecule has 1 unspecified atom stereocenters. The lowest BCUT2D eigenvalue weighted by Gasteiger charge is -2.15. The monoisotopic (exact) mass is 967 g/mol. The molecule has 0 fully saturated rings. The summed E-state index contributed by atoms with van der Waals surface area (Å²) in [4.78, 5) is 24.5. The maximum absolute atomic E-state index is 12.3. The molecule has 70 heavy (non-hydrogen) atoms. The van der Waals surface area contributed by atoms with Crippen LogP contribution in [0.5, 0.6) is 0 Å². The molecule has 0 bridgehead atoms. The van der Waals surface area contributed by atoms with E-state index in [0.29, 0.717) is 12.8 Å². The number of hydrogen-bond donors (Lipinski definition) is 1. The minimum absolute atomic E-state index is 0.0913. The first-order chi connectivity index (χ1) is 34.6. The van der Waals surface area contributed by atoms with Crippen molar-refractivity contribution >= 4 is 11.9 Å². The van der Waals surface area contributed by atoms with E-state index in [1.54, 1.807) is 0 Å². The van der Waals surface area contributed by atoms with Crippen molar-refractivity contribution in [3.63, 3.8) is 0 Å². The van der Waals surface area contributed by atoms with Crippen LogP contribution in [0.3, 0.4) is 0 Å². The van der Waals surface area contributed by atoms with Crippen LogP contribution in [-0.4, -0.2) is 36.4 Å². The zero-order valence-electron chi connectivity index (χ0n) is 45.2. The third-order valence-electron chi connectivity index (χ3n) is 11.9. The predicted octanol–water partition coefficient (Wildman–Crippen LogP) is 19.6. The standard InChI is InChI=1S/C65H106O5/c1-3-5-7-9-11-13-15-17-19-21-23-25-27-28-29-30-31-32-33-34-35-36-38-40-42-44-46-48-50-52-54-56-58-60-65(68)70-63(61-66)62-69-64(67)59-57-55-53-51-49-47-45-43-41-39-37-26-24-22-20-18-16-14-12-10-8-6-4-2/h5,7,11,13,17,19,22-25,28-29,31-32,34-35,38,40,44,46,50,52,63,66H,3-4,6,8-10,12,14-16,18,20-21,26-27,30,33,36-37,39,41-43,45,47-49,51,53-62H2,1-2H3/b7-5-,13-11-,19-17-,24-22-,25-23-,29-28-,32-31-,35-34-,40-38-,46-44-,52-50-. The van der Waals surface area contributed by atoms with Crippen LogP contribution < -0.4 is 0 Å². The lowest BCUT2D eigenvalue weighted by Crippen LogP contribution is -2.28. The maximum Gasteiger partial charge on any atom is 0.306 e. The summed E-state index contributed by atoms with van der Waals surface area (Å²) in [5.41, 5.74) is 0. The van der Waals surface area contributed by atoms with E-state index in [1.165, 1.54) is 116 Å². The number of ether oxygens (including phenoxy) is 2. The molecule has 5 heteroatoms. The molecule has 0 amide bonds. The minimum Gasteiger partial charge on any atom is -0.462 e. The van der Waals surface area contributed by atoms with Gasteiger partial charge in [-0.2, -0.15) is 0 Å². The Kier molecular flexibility index (Phi) is 56.0. The minimum atomic E-state index is -0.806. The Balaban J connectivity index is 3.65. The van der Waals surface area contributed by atoms with Crippen molar-refractivity contribution in [2.45, 2.75) is 251 Å². The molecule has 0 aromatic heterocycles. The molecule has 0 saturated carbocycles. The highest BCUT2D eigenvalue weighted by atomic mass is 16.6. The van der Waals surface area contributed by atoms with E-state index in [2.05, 4.69) is 148 Å². The van der Waals surface area contributed by atoms with Crippen LogP contribution in [0.1, 0.15) is 245 Å². The highest BCUT2D eigenvalue weighted by Gasteiger charge is 2.16. The Morgan fingerprint density at radius 3 is 0.971 bits per heavy atom. The summed E-state index contributed by atoms with van der Waals surface area (Å²) in [6.07, 6.45) is 88.5. The average molecular weight is 968 g/mol. The number of carbonyl (C=O) groups excluding carboxylic acids is 2. The Labute approximate surface area is 432 Å². The molecule has 0 heterocycles. The normalized spacial score (nSPS) is 13.2. The van der Waals surface area contributed by atoms with E-state index >= 15 is 0 Å². The summed E-state index contributed by atoms with van der Waals surface area (Å²) in [5, 5.41) is 9.65. The van der Waals surface area contributed by atoms with Crippen LogP contribution in [-0.2, 0) is 19.1 Å². The quantitative estimate of drug-likeness (QED) is 0.0374. The molecule has 0 aliphatic heterocycles. The van der Waals surface area contributed by atoms with Gasteiger partial charge in [0.1, 0.15) is 6.61 Å². The van der Waals surface area contributed by atoms with Gasteiger partial charge in [0.2, 0.25) is 0 Å². The van der Waals surface area contributed by atoms with Gasteiger partial charge in [0.25, 0.3) is 0 Å². The first-order valence-electron chi connectivity index (χ1n) is 28.7. The highest BCUT2D eigenvalue weighted by Crippen LogP contribution is 2.14. The number of hydrogen-bond acceptors (Lipinski definition) is 5. The lowest BCUT2D eigenvalue weighted by molar-refractivity contribution is -0.161. The fourth-order valence-corrected chi connectivity index (χ4v) is 7.64. The molecule has 0 aliphatic rings. The SMILES string of the molecule is CC/C=C\C/C=C\C/C=C\C/C=C\C/C=C\C/C=C\C/C=C\C/C=C\C/C=C\C/C=C\CCCCC(=O)OC(CO)COC(=O)CCCCCCCCCCCCC/C=C\CCCCCCCCCC. The van der Waals surface area contributed by atoms with E-state index in [4.69, 9.17) is 9.47 Å². The van der Waals surface area contributed by atoms with Gasteiger partial charge in [-0.15, -0.1) is 0 Å². The Morgan fingerprint density at radius 2 is 0.614 bits per heavy atom. The van der Waals surface area contributed by atoms with Crippen LogP contribution in [0.15, 0.2) is 134 Å². The molecule has 0 radical (unpaired) electrons. The topological polar surface area (TPSA) is 72.8 Å². The first kappa shape index (κ1) is 66.0. The summed E-state index contributed by atoms with van der Waals surface area (Å²) < 4.78 is 10.7. The van der Waals surface area contributed by atoms with Gasteiger partial charge >= 0.3 is 11.9 Å². The fraction of sp³-hybridized carbons (Fsp3) is 0.631. The van der Waals surface area contributed by atoms with Gasteiger partial charge in [0.05, 0.1) is 6.61 Å². The summed E-state index contributed by atoms with van der Waals surface area (Å²) in [6.45, 7) is 4.00. The van der Waals surface area contributed by atoms with Crippen molar-refractivity contribution in [3.8, 4) is 0 Å². The second kappa shape index (κ2) is 59.3. The van der Waals surface area contributed by atoms with E-state index in [9.17, 15) is 14.7 Å². The van der Waals surface area contributed by atoms with Gasteiger partial charge in [0.15, 0.2) is 6.10 Å². The molecule has 0 saturated heterocycles. The fourth-order valence-electron chi connectivity index (χ4n) is 7.64. The molecular formula is C65H106O5. The van der Waals surface area contributed by atoms with Crippen molar-refractivity contribution in [2.75, 3.05) is 13.2 Å². The number of allylic oxidation sites excluding steroid dienone is 22. The van der Waals surface area contributed by atoms with Gasteiger partial charge < -0.3 is 14.6 Å². The largest absolute Gasteiger partial charge is 0.462 e. The molecule has 1 atom stereocenters. The number of unbranched alkanes of at least 4 members (excludes halogenated alkanes) is 21. The zero-order valence-corrected chi connectivity index (χ0v) is 45.2. The Hall–Kier alpha value is -3.96. The van der Waals surface area contributed by atoms with Crippen molar-refractivity contribution in [3.05, 3.63) is 134 Å². The number of aliphatic hydroxyl groups is 1. The first-order valence-corrected chi connectivity index (χ1v) is 28.7. The molecule has 5 nitrogen and oxygen atoms in total. The summed E-state index contributed by atoms with van der Waals surface area (Å²) in [6, 6.07) is 0. The van der Waals surface area contributed by atoms with Gasteiger partial charge in [0, 0.05) is 12.8 Å². The predicted molar refractivity (Wildman–Crippen MR) is 306 cm³/mol. The molecule has 396 valence electrons. The third kappa shape index (κ3) is 56.6. The van der Waals surface area contributed by atoms with Crippen LogP contribution in [0.25, 0.3) is 0 Å². The van der Waals surface area contributed by atoms with E-state index in [-0.39, 0.29) is 25.2 Å². The van der Waals surface area contributed by atoms with E-state index < -0.39 is 6.10 Å². The van der Waals surface area contributed by atoms with Crippen LogP contribution in [0.4, 0.5) is 0 Å². The molecule has 0 aliphatic carbocycles. The number of aliphatic hydroxyl groups excluding tert-OH is 1. The zero-order chi connectivity index (χ0) is 50.6. The number of rotatable bonds is 51. The smallest absolute Gasteiger partial charge is 0.306 e. The molecule has 0 aromatic carbocycles. The lowest BCUT2D eigenvalue weighted by atomic mass is 10.0. The van der Waals surface area contributed by atoms with Crippen molar-refractivity contribution in [1.82, 2.24) is 0 Å². The molecule has 0 aromatic rings. The summed E-state index contributed by atoms with van der Waals surface area (Å²) >= 11 is 0. The van der Waals surface area contributed by atoms with Crippen molar-refractivity contribution in [2.24, 2.45) is 0 Å².